The molecule has 0 unspecified atom stereocenters. The molecule has 1 aliphatic heterocycles. The molecule has 8 nitrogen and oxygen atoms in total. The van der Waals surface area contributed by atoms with E-state index in [-0.39, 0.29) is 6.79 Å². The average Bonchev–Trinajstić information content (AvgIpc) is 3.31. The quantitative estimate of drug-likeness (QED) is 0.565. The van der Waals surface area contributed by atoms with Gasteiger partial charge in [0.1, 0.15) is 5.69 Å². The van der Waals surface area contributed by atoms with Crippen LogP contribution in [0.3, 0.4) is 0 Å². The fourth-order valence-electron chi connectivity index (χ4n) is 2.68. The van der Waals surface area contributed by atoms with Crippen LogP contribution in [0.15, 0.2) is 43.0 Å². The van der Waals surface area contributed by atoms with Crippen molar-refractivity contribution in [3.63, 3.8) is 0 Å². The number of aromatic amines is 1. The molecule has 1 aliphatic rings. The zero-order valence-electron chi connectivity index (χ0n) is 12.2. The number of ether oxygens (including phenoxy) is 2. The van der Waals surface area contributed by atoms with Gasteiger partial charge < -0.3 is 13.9 Å². The van der Waals surface area contributed by atoms with Crippen molar-refractivity contribution >= 4 is 17.9 Å². The van der Waals surface area contributed by atoms with E-state index < -0.39 is 0 Å². The summed E-state index contributed by atoms with van der Waals surface area (Å²) in [6.07, 6.45) is 7.10. The molecule has 0 atom stereocenters. The lowest BCUT2D eigenvalue weighted by atomic mass is 10.2. The number of rotatable bonds is 2. The van der Waals surface area contributed by atoms with Crippen LogP contribution in [0.1, 0.15) is 0 Å². The molecule has 4 aromatic rings. The van der Waals surface area contributed by atoms with Gasteiger partial charge in [-0.2, -0.15) is 5.10 Å². The van der Waals surface area contributed by atoms with Crippen LogP contribution in [-0.4, -0.2) is 35.9 Å². The molecule has 0 aliphatic carbocycles. The second-order valence-electron chi connectivity index (χ2n) is 5.19. The van der Waals surface area contributed by atoms with Crippen LogP contribution >= 0.6 is 12.2 Å². The van der Waals surface area contributed by atoms with Gasteiger partial charge in [-0.1, -0.05) is 0 Å². The van der Waals surface area contributed by atoms with Crippen molar-refractivity contribution in [3.8, 4) is 28.7 Å². The molecular formula is C15H10N6O2S. The third-order valence-corrected chi connectivity index (χ3v) is 4.05. The normalized spacial score (nSPS) is 12.8. The molecule has 24 heavy (non-hydrogen) atoms. The van der Waals surface area contributed by atoms with Gasteiger partial charge >= 0.3 is 0 Å². The lowest BCUT2D eigenvalue weighted by molar-refractivity contribution is 0.174. The number of hydrogen-bond donors (Lipinski definition) is 1. The Balaban J connectivity index is 1.70. The fraction of sp³-hybridized carbons (Fsp3) is 0.0667. The topological polar surface area (TPSA) is 82.3 Å². The summed E-state index contributed by atoms with van der Waals surface area (Å²) in [6, 6.07) is 5.62. The molecule has 0 bridgehead atoms. The van der Waals surface area contributed by atoms with E-state index in [1.54, 1.807) is 12.4 Å². The molecule has 5 rings (SSSR count). The second-order valence-corrected chi connectivity index (χ2v) is 5.58. The number of nitrogens with zero attached hydrogens (tertiary/aromatic N) is 5. The van der Waals surface area contributed by atoms with E-state index in [4.69, 9.17) is 21.7 Å². The number of aromatic nitrogens is 6. The van der Waals surface area contributed by atoms with Crippen LogP contribution in [0.25, 0.3) is 22.9 Å². The van der Waals surface area contributed by atoms with E-state index in [0.29, 0.717) is 27.8 Å². The molecule has 0 amide bonds. The summed E-state index contributed by atoms with van der Waals surface area (Å²) in [6.45, 7) is 0.224. The molecule has 0 saturated carbocycles. The predicted molar refractivity (Wildman–Crippen MR) is 86.9 cm³/mol. The van der Waals surface area contributed by atoms with Gasteiger partial charge in [0.25, 0.3) is 0 Å². The van der Waals surface area contributed by atoms with Crippen molar-refractivity contribution in [2.75, 3.05) is 6.79 Å². The molecule has 0 spiro atoms. The van der Waals surface area contributed by atoms with Gasteiger partial charge in [-0.15, -0.1) is 0 Å². The monoisotopic (exact) mass is 338 g/mol. The Morgan fingerprint density at radius 3 is 3.04 bits per heavy atom. The highest BCUT2D eigenvalue weighted by atomic mass is 32.1. The Kier molecular flexibility index (Phi) is 2.71. The molecule has 4 heterocycles. The molecule has 1 aromatic carbocycles. The number of fused-ring (bicyclic) bond motifs is 2. The second kappa shape index (κ2) is 4.90. The lowest BCUT2D eigenvalue weighted by Crippen LogP contribution is -1.98. The molecule has 9 heteroatoms. The van der Waals surface area contributed by atoms with Crippen molar-refractivity contribution in [2.24, 2.45) is 0 Å². The molecule has 3 aromatic heterocycles. The third kappa shape index (κ3) is 1.91. The minimum absolute atomic E-state index is 0.224. The Morgan fingerprint density at radius 2 is 2.12 bits per heavy atom. The molecular weight excluding hydrogens is 328 g/mol. The highest BCUT2D eigenvalue weighted by Crippen LogP contribution is 2.34. The van der Waals surface area contributed by atoms with Gasteiger partial charge in [0.05, 0.1) is 11.9 Å². The van der Waals surface area contributed by atoms with Crippen molar-refractivity contribution in [3.05, 3.63) is 47.8 Å². The average molecular weight is 338 g/mol. The van der Waals surface area contributed by atoms with Crippen LogP contribution in [0.2, 0.25) is 0 Å². The smallest absolute Gasteiger partial charge is 0.231 e. The minimum atomic E-state index is 0.224. The highest BCUT2D eigenvalue weighted by molar-refractivity contribution is 7.71. The van der Waals surface area contributed by atoms with E-state index in [2.05, 4.69) is 20.2 Å². The summed E-state index contributed by atoms with van der Waals surface area (Å²) in [5.41, 5.74) is 2.25. The Labute approximate surface area is 140 Å². The van der Waals surface area contributed by atoms with Crippen molar-refractivity contribution in [1.29, 1.82) is 0 Å². The first-order valence-corrected chi connectivity index (χ1v) is 7.57. The van der Waals surface area contributed by atoms with Gasteiger partial charge in [-0.25, -0.2) is 4.98 Å². The number of hydrogen-bond acceptors (Lipinski definition) is 6. The number of benzene rings is 1. The van der Waals surface area contributed by atoms with Crippen LogP contribution in [-0.2, 0) is 0 Å². The molecule has 118 valence electrons. The zero-order valence-corrected chi connectivity index (χ0v) is 13.0. The molecule has 0 saturated heterocycles. The maximum absolute atomic E-state index is 5.44. The molecule has 0 fully saturated rings. The Bertz CT molecular complexity index is 1100. The summed E-state index contributed by atoms with van der Waals surface area (Å²) in [7, 11) is 0. The van der Waals surface area contributed by atoms with Gasteiger partial charge in [-0.3, -0.25) is 14.6 Å². The molecule has 0 radical (unpaired) electrons. The van der Waals surface area contributed by atoms with Crippen LogP contribution in [0.4, 0.5) is 0 Å². The summed E-state index contributed by atoms with van der Waals surface area (Å²) >= 11 is 5.39. The number of nitrogens with one attached hydrogen (secondary N) is 1. The fourth-order valence-corrected chi connectivity index (χ4v) is 2.92. The third-order valence-electron chi connectivity index (χ3n) is 3.78. The summed E-state index contributed by atoms with van der Waals surface area (Å²) < 4.78 is 15.0. The van der Waals surface area contributed by atoms with E-state index in [9.17, 15) is 0 Å². The summed E-state index contributed by atoms with van der Waals surface area (Å²) in [5, 5.41) is 7.15. The minimum Gasteiger partial charge on any atom is -0.454 e. The van der Waals surface area contributed by atoms with E-state index in [1.807, 2.05) is 39.6 Å². The Hall–Kier alpha value is -3.20. The van der Waals surface area contributed by atoms with E-state index in [0.717, 1.165) is 11.3 Å². The van der Waals surface area contributed by atoms with Crippen molar-refractivity contribution < 1.29 is 9.47 Å². The first-order valence-electron chi connectivity index (χ1n) is 7.16. The zero-order chi connectivity index (χ0) is 16.1. The first-order chi connectivity index (χ1) is 11.8. The number of imidazole rings is 1. The van der Waals surface area contributed by atoms with E-state index >= 15 is 0 Å². The predicted octanol–water partition coefficient (Wildman–Crippen LogP) is 2.37. The molecule has 1 N–H and O–H groups in total. The SMILES string of the molecule is S=c1[nH]nc(-c2cn3ccncc3n2)n1-c1ccc2c(c1)OCO2. The summed E-state index contributed by atoms with van der Waals surface area (Å²) in [5.74, 6) is 2.01. The lowest BCUT2D eigenvalue weighted by Gasteiger charge is -2.06. The van der Waals surface area contributed by atoms with Crippen LogP contribution < -0.4 is 9.47 Å². The van der Waals surface area contributed by atoms with Gasteiger partial charge in [-0.05, 0) is 24.4 Å². The van der Waals surface area contributed by atoms with Crippen LogP contribution in [0.5, 0.6) is 11.5 Å². The van der Waals surface area contributed by atoms with Crippen molar-refractivity contribution in [1.82, 2.24) is 29.1 Å². The van der Waals surface area contributed by atoms with Gasteiger partial charge in [0.15, 0.2) is 27.7 Å². The van der Waals surface area contributed by atoms with Crippen LogP contribution in [0, 0.1) is 4.77 Å². The largest absolute Gasteiger partial charge is 0.454 e. The Morgan fingerprint density at radius 1 is 1.21 bits per heavy atom. The van der Waals surface area contributed by atoms with E-state index in [1.165, 1.54) is 0 Å². The van der Waals surface area contributed by atoms with Gasteiger partial charge in [0.2, 0.25) is 6.79 Å². The van der Waals surface area contributed by atoms with Gasteiger partial charge in [0, 0.05) is 24.7 Å². The summed E-state index contributed by atoms with van der Waals surface area (Å²) in [4.78, 5) is 8.63. The maximum Gasteiger partial charge on any atom is 0.231 e. The van der Waals surface area contributed by atoms with Crippen molar-refractivity contribution in [2.45, 2.75) is 0 Å². The standard InChI is InChI=1S/C15H10N6O2S/c24-15-19-18-14(10-7-20-4-3-16-6-13(20)17-10)21(15)9-1-2-11-12(5-9)23-8-22-11/h1-7H,8H2,(H,19,24). The number of H-pyrrole nitrogens is 1. The maximum atomic E-state index is 5.44. The highest BCUT2D eigenvalue weighted by Gasteiger charge is 2.18. The first kappa shape index (κ1) is 13.3.